The quantitative estimate of drug-likeness (QED) is 0.871. The smallest absolute Gasteiger partial charge is 0.329 e. The molecule has 1 saturated heterocycles. The van der Waals surface area contributed by atoms with Crippen LogP contribution in [0.5, 0.6) is 0 Å². The van der Waals surface area contributed by atoms with Gasteiger partial charge in [0, 0.05) is 11.4 Å². The molecule has 1 fully saturated rings. The topological polar surface area (TPSA) is 42.2 Å². The molecule has 3 rings (SSSR count). The molecule has 0 spiro atoms. The summed E-state index contributed by atoms with van der Waals surface area (Å²) in [5, 5.41) is 3.39. The summed E-state index contributed by atoms with van der Waals surface area (Å²) in [4.78, 5) is 7.41. The zero-order valence-electron chi connectivity index (χ0n) is 10.5. The van der Waals surface area contributed by atoms with Crippen molar-refractivity contribution >= 4 is 11.3 Å². The van der Waals surface area contributed by atoms with Gasteiger partial charge in [0.25, 0.3) is 0 Å². The summed E-state index contributed by atoms with van der Waals surface area (Å²) >= 11 is 1.40. The maximum atomic E-state index is 12.4. The van der Waals surface area contributed by atoms with Crippen LogP contribution in [-0.4, -0.2) is 28.1 Å². The van der Waals surface area contributed by atoms with E-state index < -0.39 is 12.1 Å². The minimum atomic E-state index is -4.60. The van der Waals surface area contributed by atoms with Crippen LogP contribution in [0.1, 0.15) is 23.6 Å². The molecule has 2 aromatic heterocycles. The summed E-state index contributed by atoms with van der Waals surface area (Å²) in [5.74, 6) is -1.31. The number of likely N-dealkylation sites (tertiary alicyclic amines) is 1. The molecule has 108 valence electrons. The highest BCUT2D eigenvalue weighted by molar-refractivity contribution is 7.15. The van der Waals surface area contributed by atoms with Gasteiger partial charge in [-0.05, 0) is 38.1 Å². The minimum Gasteiger partial charge on any atom is -0.329 e. The number of thiophene rings is 1. The van der Waals surface area contributed by atoms with Crippen LogP contribution in [0.3, 0.4) is 0 Å². The van der Waals surface area contributed by atoms with Crippen molar-refractivity contribution in [3.05, 3.63) is 22.9 Å². The highest BCUT2D eigenvalue weighted by Crippen LogP contribution is 2.32. The van der Waals surface area contributed by atoms with Gasteiger partial charge >= 0.3 is 12.1 Å². The predicted molar refractivity (Wildman–Crippen MR) is 67.1 cm³/mol. The Morgan fingerprint density at radius 1 is 1.25 bits per heavy atom. The van der Waals surface area contributed by atoms with Crippen LogP contribution in [0.15, 0.2) is 16.7 Å². The van der Waals surface area contributed by atoms with Crippen molar-refractivity contribution in [2.75, 3.05) is 13.1 Å². The van der Waals surface area contributed by atoms with E-state index in [2.05, 4.69) is 19.6 Å². The van der Waals surface area contributed by atoms with E-state index in [4.69, 9.17) is 0 Å². The van der Waals surface area contributed by atoms with Crippen LogP contribution in [0.2, 0.25) is 0 Å². The monoisotopic (exact) mass is 303 g/mol. The second-order valence-corrected chi connectivity index (χ2v) is 5.84. The summed E-state index contributed by atoms with van der Waals surface area (Å²) in [6.45, 7) is 2.98. The van der Waals surface area contributed by atoms with Crippen LogP contribution in [0.4, 0.5) is 13.2 Å². The van der Waals surface area contributed by atoms with E-state index in [1.807, 2.05) is 6.07 Å². The summed E-state index contributed by atoms with van der Waals surface area (Å²) in [7, 11) is 0. The highest BCUT2D eigenvalue weighted by Gasteiger charge is 2.38. The van der Waals surface area contributed by atoms with Crippen LogP contribution in [0.25, 0.3) is 10.7 Å². The van der Waals surface area contributed by atoms with Gasteiger partial charge in [0.05, 0.1) is 4.88 Å². The average molecular weight is 303 g/mol. The van der Waals surface area contributed by atoms with Gasteiger partial charge in [-0.2, -0.15) is 18.2 Å². The molecule has 0 bridgehead atoms. The molecule has 4 nitrogen and oxygen atoms in total. The molecule has 0 aromatic carbocycles. The van der Waals surface area contributed by atoms with Gasteiger partial charge in [0.15, 0.2) is 0 Å². The van der Waals surface area contributed by atoms with Crippen molar-refractivity contribution in [2.24, 2.45) is 0 Å². The summed E-state index contributed by atoms with van der Waals surface area (Å²) in [6.07, 6.45) is -2.18. The lowest BCUT2D eigenvalue weighted by molar-refractivity contribution is -0.159. The van der Waals surface area contributed by atoms with Crippen LogP contribution in [-0.2, 0) is 12.7 Å². The average Bonchev–Trinajstić information content (AvgIpc) is 3.08. The fourth-order valence-corrected chi connectivity index (χ4v) is 3.16. The molecule has 0 saturated carbocycles. The maximum absolute atomic E-state index is 12.4. The molecule has 0 radical (unpaired) electrons. The number of nitrogens with zero attached hydrogens (tertiary/aromatic N) is 3. The summed E-state index contributed by atoms with van der Waals surface area (Å²) in [6, 6.07) is 3.64. The molecule has 0 unspecified atom stereocenters. The standard InChI is InChI=1S/C12H12F3N3OS/c13-12(14,15)11-16-10(17-19-11)9-4-3-8(20-9)7-18-5-1-2-6-18/h3-4H,1-2,5-7H2. The Labute approximate surface area is 117 Å². The molecule has 1 aliphatic heterocycles. The molecular formula is C12H12F3N3OS. The summed E-state index contributed by atoms with van der Waals surface area (Å²) in [5.41, 5.74) is 0. The molecule has 0 amide bonds. The van der Waals surface area contributed by atoms with Crippen molar-refractivity contribution in [2.45, 2.75) is 25.6 Å². The Morgan fingerprint density at radius 3 is 2.65 bits per heavy atom. The molecule has 1 aliphatic rings. The highest BCUT2D eigenvalue weighted by atomic mass is 32.1. The second-order valence-electron chi connectivity index (χ2n) is 4.67. The largest absolute Gasteiger partial charge is 0.471 e. The molecule has 3 heterocycles. The van der Waals surface area contributed by atoms with Crippen LogP contribution < -0.4 is 0 Å². The van der Waals surface area contributed by atoms with Crippen molar-refractivity contribution < 1.29 is 17.7 Å². The first-order valence-electron chi connectivity index (χ1n) is 6.25. The van der Waals surface area contributed by atoms with Crippen molar-refractivity contribution in [3.8, 4) is 10.7 Å². The molecule has 20 heavy (non-hydrogen) atoms. The van der Waals surface area contributed by atoms with E-state index in [1.54, 1.807) is 6.07 Å². The van der Waals surface area contributed by atoms with Gasteiger partial charge in [-0.3, -0.25) is 4.90 Å². The van der Waals surface area contributed by atoms with Crippen LogP contribution >= 0.6 is 11.3 Å². The number of rotatable bonds is 3. The third kappa shape index (κ3) is 2.85. The summed E-state index contributed by atoms with van der Waals surface area (Å²) < 4.78 is 41.4. The van der Waals surface area contributed by atoms with E-state index in [1.165, 1.54) is 24.2 Å². The van der Waals surface area contributed by atoms with E-state index >= 15 is 0 Å². The third-order valence-electron chi connectivity index (χ3n) is 3.13. The number of hydrogen-bond donors (Lipinski definition) is 0. The van der Waals surface area contributed by atoms with Gasteiger partial charge in [0.1, 0.15) is 0 Å². The fraction of sp³-hybridized carbons (Fsp3) is 0.500. The fourth-order valence-electron chi connectivity index (χ4n) is 2.18. The first-order valence-corrected chi connectivity index (χ1v) is 7.06. The molecule has 0 atom stereocenters. The first-order chi connectivity index (χ1) is 9.52. The van der Waals surface area contributed by atoms with E-state index in [-0.39, 0.29) is 5.82 Å². The van der Waals surface area contributed by atoms with Crippen LogP contribution in [0, 0.1) is 0 Å². The SMILES string of the molecule is FC(F)(F)c1nc(-c2ccc(CN3CCCC3)s2)no1. The number of hydrogen-bond acceptors (Lipinski definition) is 5. The van der Waals surface area contributed by atoms with E-state index in [0.717, 1.165) is 24.5 Å². The Hall–Kier alpha value is -1.41. The third-order valence-corrected chi connectivity index (χ3v) is 4.19. The zero-order chi connectivity index (χ0) is 14.2. The van der Waals surface area contributed by atoms with E-state index in [0.29, 0.717) is 4.88 Å². The number of alkyl halides is 3. The Bertz CT molecular complexity index is 587. The molecule has 2 aromatic rings. The maximum Gasteiger partial charge on any atom is 0.471 e. The second kappa shape index (κ2) is 5.17. The zero-order valence-corrected chi connectivity index (χ0v) is 11.3. The van der Waals surface area contributed by atoms with Gasteiger partial charge in [-0.15, -0.1) is 11.3 Å². The van der Waals surface area contributed by atoms with Crippen molar-refractivity contribution in [1.29, 1.82) is 0 Å². The van der Waals surface area contributed by atoms with Gasteiger partial charge in [-0.1, -0.05) is 5.16 Å². The molecule has 0 aliphatic carbocycles. The van der Waals surface area contributed by atoms with Crippen molar-refractivity contribution in [3.63, 3.8) is 0 Å². The lowest BCUT2D eigenvalue weighted by atomic mass is 10.4. The Morgan fingerprint density at radius 2 is 2.00 bits per heavy atom. The predicted octanol–water partition coefficient (Wildman–Crippen LogP) is 3.41. The Balaban J connectivity index is 1.74. The minimum absolute atomic E-state index is 0.00463. The first kappa shape index (κ1) is 13.6. The molecular weight excluding hydrogens is 291 g/mol. The number of aromatic nitrogens is 2. The van der Waals surface area contributed by atoms with Gasteiger partial charge < -0.3 is 4.52 Å². The number of halogens is 3. The van der Waals surface area contributed by atoms with Gasteiger partial charge in [0.2, 0.25) is 5.82 Å². The Kier molecular flexibility index (Phi) is 3.51. The normalized spacial score (nSPS) is 16.9. The molecule has 0 N–H and O–H groups in total. The van der Waals surface area contributed by atoms with E-state index in [9.17, 15) is 13.2 Å². The van der Waals surface area contributed by atoms with Gasteiger partial charge in [-0.25, -0.2) is 0 Å². The molecule has 8 heteroatoms. The lowest BCUT2D eigenvalue weighted by Crippen LogP contribution is -2.17. The lowest BCUT2D eigenvalue weighted by Gasteiger charge is -2.12. The van der Waals surface area contributed by atoms with Crippen molar-refractivity contribution in [1.82, 2.24) is 15.0 Å².